The zero-order valence-corrected chi connectivity index (χ0v) is 16.8. The van der Waals surface area contributed by atoms with Gasteiger partial charge in [-0.3, -0.25) is 9.71 Å². The molecule has 0 amide bonds. The van der Waals surface area contributed by atoms with Crippen molar-refractivity contribution >= 4 is 45.6 Å². The van der Waals surface area contributed by atoms with Crippen LogP contribution in [0.4, 0.5) is 5.69 Å². The van der Waals surface area contributed by atoms with Crippen molar-refractivity contribution in [2.45, 2.75) is 19.3 Å². The summed E-state index contributed by atoms with van der Waals surface area (Å²) in [6, 6.07) is 6.79. The highest BCUT2D eigenvalue weighted by atomic mass is 127. The molecule has 4 N–H and O–H groups in total. The van der Waals surface area contributed by atoms with Crippen molar-refractivity contribution in [1.29, 1.82) is 0 Å². The molecule has 0 spiro atoms. The molecule has 0 bridgehead atoms. The number of nitrogens with two attached hydrogens (primary N) is 1. The average molecular weight is 468 g/mol. The summed E-state index contributed by atoms with van der Waals surface area (Å²) in [5.74, 6) is 1.72. The molecule has 1 fully saturated rings. The average Bonchev–Trinajstić information content (AvgIpc) is 2.40. The van der Waals surface area contributed by atoms with Crippen LogP contribution in [0.15, 0.2) is 29.3 Å². The second-order valence-corrected chi connectivity index (χ2v) is 7.45. The predicted molar refractivity (Wildman–Crippen MR) is 108 cm³/mol. The Morgan fingerprint density at radius 3 is 2.79 bits per heavy atom. The number of aliphatic imine (C=N–C) groups is 1. The van der Waals surface area contributed by atoms with E-state index >= 15 is 0 Å². The highest BCUT2D eigenvalue weighted by Gasteiger charge is 2.16. The lowest BCUT2D eigenvalue weighted by Gasteiger charge is -2.23. The molecule has 0 heterocycles. The van der Waals surface area contributed by atoms with Crippen molar-refractivity contribution in [2.75, 3.05) is 30.7 Å². The van der Waals surface area contributed by atoms with Gasteiger partial charge in [0, 0.05) is 12.6 Å². The van der Waals surface area contributed by atoms with Crippen molar-refractivity contribution in [3.05, 3.63) is 24.3 Å². The third-order valence-electron chi connectivity index (χ3n) is 3.56. The zero-order chi connectivity index (χ0) is 16.7. The van der Waals surface area contributed by atoms with Crippen LogP contribution in [0.25, 0.3) is 0 Å². The first-order valence-corrected chi connectivity index (χ1v) is 9.56. The van der Waals surface area contributed by atoms with E-state index in [1.807, 2.05) is 0 Å². The van der Waals surface area contributed by atoms with E-state index in [-0.39, 0.29) is 24.0 Å². The van der Waals surface area contributed by atoms with E-state index in [0.29, 0.717) is 36.5 Å². The smallest absolute Gasteiger partial charge is 0.229 e. The van der Waals surface area contributed by atoms with Gasteiger partial charge in [-0.1, -0.05) is 12.5 Å². The van der Waals surface area contributed by atoms with Crippen LogP contribution in [-0.4, -0.2) is 40.3 Å². The van der Waals surface area contributed by atoms with Gasteiger partial charge in [0.15, 0.2) is 5.96 Å². The van der Waals surface area contributed by atoms with Crippen LogP contribution in [0, 0.1) is 5.92 Å². The molecular weight excluding hydrogens is 443 g/mol. The number of rotatable bonds is 8. The number of guanidine groups is 1. The van der Waals surface area contributed by atoms with Gasteiger partial charge in [0.25, 0.3) is 0 Å². The maximum atomic E-state index is 11.2. The lowest BCUT2D eigenvalue weighted by atomic mass is 9.86. The van der Waals surface area contributed by atoms with Crippen molar-refractivity contribution in [3.8, 4) is 5.75 Å². The van der Waals surface area contributed by atoms with Crippen LogP contribution >= 0.6 is 24.0 Å². The Hall–Kier alpha value is -1.23. The van der Waals surface area contributed by atoms with Crippen molar-refractivity contribution in [3.63, 3.8) is 0 Å². The maximum absolute atomic E-state index is 11.2. The Morgan fingerprint density at radius 1 is 1.42 bits per heavy atom. The third kappa shape index (κ3) is 8.04. The normalized spacial score (nSPS) is 15.1. The van der Waals surface area contributed by atoms with Crippen LogP contribution in [0.5, 0.6) is 5.75 Å². The Bertz CT molecular complexity index is 648. The molecule has 24 heavy (non-hydrogen) atoms. The van der Waals surface area contributed by atoms with Gasteiger partial charge < -0.3 is 15.8 Å². The van der Waals surface area contributed by atoms with Crippen LogP contribution in [-0.2, 0) is 10.0 Å². The molecule has 0 radical (unpaired) electrons. The van der Waals surface area contributed by atoms with Gasteiger partial charge in [-0.25, -0.2) is 8.42 Å². The SMILES string of the molecule is CS(=O)(=O)Nc1cccc(OCCNC(N)=NCC2CCC2)c1.I. The number of sulfonamides is 1. The molecule has 9 heteroatoms. The van der Waals surface area contributed by atoms with Gasteiger partial charge in [0.05, 0.1) is 18.5 Å². The van der Waals surface area contributed by atoms with E-state index in [0.717, 1.165) is 12.8 Å². The monoisotopic (exact) mass is 468 g/mol. The number of nitrogens with one attached hydrogen (secondary N) is 2. The largest absolute Gasteiger partial charge is 0.492 e. The van der Waals surface area contributed by atoms with Crippen molar-refractivity contribution in [2.24, 2.45) is 16.6 Å². The number of ether oxygens (including phenoxy) is 1. The molecule has 136 valence electrons. The number of hydrogen-bond donors (Lipinski definition) is 3. The van der Waals surface area contributed by atoms with Crippen LogP contribution < -0.4 is 20.5 Å². The minimum atomic E-state index is -3.29. The van der Waals surface area contributed by atoms with Crippen LogP contribution in [0.2, 0.25) is 0 Å². The molecule has 0 unspecified atom stereocenters. The fourth-order valence-electron chi connectivity index (χ4n) is 2.17. The minimum absolute atomic E-state index is 0. The van der Waals surface area contributed by atoms with E-state index in [4.69, 9.17) is 10.5 Å². The van der Waals surface area contributed by atoms with Crippen molar-refractivity contribution in [1.82, 2.24) is 5.32 Å². The Balaban J connectivity index is 0.00000288. The first kappa shape index (κ1) is 20.8. The summed E-state index contributed by atoms with van der Waals surface area (Å²) in [4.78, 5) is 4.30. The molecule has 0 aromatic heterocycles. The van der Waals surface area contributed by atoms with E-state index < -0.39 is 10.0 Å². The lowest BCUT2D eigenvalue weighted by Crippen LogP contribution is -2.35. The first-order chi connectivity index (χ1) is 10.9. The molecule has 0 saturated heterocycles. The van der Waals surface area contributed by atoms with Gasteiger partial charge in [-0.15, -0.1) is 24.0 Å². The van der Waals surface area contributed by atoms with E-state index in [2.05, 4.69) is 15.0 Å². The Kier molecular flexibility index (Phi) is 8.60. The number of benzene rings is 1. The topological polar surface area (TPSA) is 106 Å². The number of hydrogen-bond acceptors (Lipinski definition) is 4. The molecule has 1 aromatic carbocycles. The van der Waals surface area contributed by atoms with E-state index in [1.165, 1.54) is 19.3 Å². The Morgan fingerprint density at radius 2 is 2.17 bits per heavy atom. The molecular formula is C15H25IN4O3S. The van der Waals surface area contributed by atoms with E-state index in [9.17, 15) is 8.42 Å². The maximum Gasteiger partial charge on any atom is 0.229 e. The van der Waals surface area contributed by atoms with Gasteiger partial charge in [0.1, 0.15) is 12.4 Å². The summed E-state index contributed by atoms with van der Waals surface area (Å²) in [7, 11) is -3.29. The number of halogens is 1. The molecule has 1 aliphatic carbocycles. The standard InChI is InChI=1S/C15H24N4O3S.HI/c1-23(20,21)19-13-6-3-7-14(10-13)22-9-8-17-15(16)18-11-12-4-2-5-12;/h3,6-7,10,12,19H,2,4-5,8-9,11H2,1H3,(H3,16,17,18);1H. The number of nitrogens with zero attached hydrogens (tertiary/aromatic N) is 1. The second kappa shape index (κ2) is 9.92. The predicted octanol–water partition coefficient (Wildman–Crippen LogP) is 1.76. The molecule has 0 aliphatic heterocycles. The van der Waals surface area contributed by atoms with Gasteiger partial charge in [0.2, 0.25) is 10.0 Å². The molecule has 1 aromatic rings. The summed E-state index contributed by atoms with van der Waals surface area (Å²) in [5.41, 5.74) is 6.25. The fraction of sp³-hybridized carbons (Fsp3) is 0.533. The molecule has 1 aliphatic rings. The molecule has 1 saturated carbocycles. The molecule has 2 rings (SSSR count). The second-order valence-electron chi connectivity index (χ2n) is 5.70. The van der Waals surface area contributed by atoms with Gasteiger partial charge in [-0.2, -0.15) is 0 Å². The van der Waals surface area contributed by atoms with Crippen LogP contribution in [0.3, 0.4) is 0 Å². The van der Waals surface area contributed by atoms with Gasteiger partial charge >= 0.3 is 0 Å². The van der Waals surface area contributed by atoms with Gasteiger partial charge in [-0.05, 0) is 30.9 Å². The van der Waals surface area contributed by atoms with Crippen LogP contribution in [0.1, 0.15) is 19.3 Å². The first-order valence-electron chi connectivity index (χ1n) is 7.67. The Labute approximate surface area is 160 Å². The quantitative estimate of drug-likeness (QED) is 0.233. The minimum Gasteiger partial charge on any atom is -0.492 e. The number of anilines is 1. The molecule has 0 atom stereocenters. The highest BCUT2D eigenvalue weighted by Crippen LogP contribution is 2.26. The summed E-state index contributed by atoms with van der Waals surface area (Å²) < 4.78 is 30.4. The summed E-state index contributed by atoms with van der Waals surface area (Å²) in [6.45, 7) is 1.73. The third-order valence-corrected chi connectivity index (χ3v) is 4.17. The molecule has 7 nitrogen and oxygen atoms in total. The fourth-order valence-corrected chi connectivity index (χ4v) is 2.73. The lowest BCUT2D eigenvalue weighted by molar-refractivity contribution is 0.320. The van der Waals surface area contributed by atoms with E-state index in [1.54, 1.807) is 24.3 Å². The summed E-state index contributed by atoms with van der Waals surface area (Å²) in [5, 5.41) is 3.00. The highest BCUT2D eigenvalue weighted by molar-refractivity contribution is 14.0. The summed E-state index contributed by atoms with van der Waals surface area (Å²) in [6.07, 6.45) is 4.90. The van der Waals surface area contributed by atoms with Crippen molar-refractivity contribution < 1.29 is 13.2 Å². The summed E-state index contributed by atoms with van der Waals surface area (Å²) >= 11 is 0. The zero-order valence-electron chi connectivity index (χ0n) is 13.7.